The zero-order chi connectivity index (χ0) is 12.2. The lowest BCUT2D eigenvalue weighted by atomic mass is 9.83. The molecule has 0 spiro atoms. The van der Waals surface area contributed by atoms with Gasteiger partial charge in [-0.15, -0.1) is 0 Å². The summed E-state index contributed by atoms with van der Waals surface area (Å²) >= 11 is 0. The van der Waals surface area contributed by atoms with Crippen LogP contribution in [0.1, 0.15) is 33.6 Å². The van der Waals surface area contributed by atoms with E-state index >= 15 is 0 Å². The molecule has 0 radical (unpaired) electrons. The first-order chi connectivity index (χ1) is 7.46. The fraction of sp³-hybridized carbons (Fsp3) is 1.00. The van der Waals surface area contributed by atoms with Crippen LogP contribution in [0.5, 0.6) is 0 Å². The maximum absolute atomic E-state index is 11.5. The first-order valence-corrected chi connectivity index (χ1v) is 8.19. The van der Waals surface area contributed by atoms with Gasteiger partial charge in [-0.1, -0.05) is 20.8 Å². The Labute approximate surface area is 99.9 Å². The molecule has 0 aromatic rings. The van der Waals surface area contributed by atoms with E-state index in [4.69, 9.17) is 0 Å². The Morgan fingerprint density at radius 3 is 2.50 bits per heavy atom. The zero-order valence-corrected chi connectivity index (χ0v) is 11.5. The molecule has 1 fully saturated rings. The lowest BCUT2D eigenvalue weighted by Gasteiger charge is -2.26. The number of nitrogens with one attached hydrogen (secondary N) is 1. The van der Waals surface area contributed by atoms with Gasteiger partial charge in [-0.2, -0.15) is 0 Å². The molecular weight excluding hydrogens is 222 g/mol. The average Bonchev–Trinajstić information content (AvgIpc) is 2.53. The molecule has 0 aliphatic carbocycles. The van der Waals surface area contributed by atoms with Crippen molar-refractivity contribution in [1.82, 2.24) is 5.32 Å². The monoisotopic (exact) mass is 247 g/mol. The van der Waals surface area contributed by atoms with Crippen molar-refractivity contribution in [1.29, 1.82) is 0 Å². The third kappa shape index (κ3) is 4.06. The average molecular weight is 247 g/mol. The quantitative estimate of drug-likeness (QED) is 0.727. The highest BCUT2D eigenvalue weighted by Gasteiger charge is 2.34. The predicted octanol–water partition coefficient (Wildman–Crippen LogP) is 1.69. The molecule has 1 saturated heterocycles. The largest absolute Gasteiger partial charge is 0.316 e. The second-order valence-electron chi connectivity index (χ2n) is 5.28. The van der Waals surface area contributed by atoms with Crippen LogP contribution in [0.25, 0.3) is 0 Å². The normalized spacial score (nSPS) is 26.1. The van der Waals surface area contributed by atoms with Crippen molar-refractivity contribution in [2.45, 2.75) is 33.6 Å². The molecule has 3 nitrogen and oxygen atoms in total. The zero-order valence-electron chi connectivity index (χ0n) is 10.7. The Morgan fingerprint density at radius 2 is 2.06 bits per heavy atom. The Kier molecular flexibility index (Phi) is 5.25. The van der Waals surface area contributed by atoms with Gasteiger partial charge in [0.05, 0.1) is 11.5 Å². The summed E-state index contributed by atoms with van der Waals surface area (Å²) in [6, 6.07) is 0. The van der Waals surface area contributed by atoms with Crippen molar-refractivity contribution in [2.24, 2.45) is 17.8 Å². The van der Waals surface area contributed by atoms with Crippen molar-refractivity contribution >= 4 is 9.84 Å². The van der Waals surface area contributed by atoms with Gasteiger partial charge in [0.25, 0.3) is 0 Å². The van der Waals surface area contributed by atoms with Crippen LogP contribution >= 0.6 is 0 Å². The minimum absolute atomic E-state index is 0.370. The Balaban J connectivity index is 2.51. The van der Waals surface area contributed by atoms with Gasteiger partial charge in [-0.25, -0.2) is 8.42 Å². The van der Waals surface area contributed by atoms with Gasteiger partial charge in [-0.05, 0) is 43.7 Å². The fourth-order valence-electron chi connectivity index (χ4n) is 2.55. The number of rotatable bonds is 6. The van der Waals surface area contributed by atoms with E-state index in [9.17, 15) is 8.42 Å². The van der Waals surface area contributed by atoms with Crippen LogP contribution in [-0.4, -0.2) is 33.0 Å². The molecule has 0 amide bonds. The molecule has 2 atom stereocenters. The molecule has 2 unspecified atom stereocenters. The SMILES string of the molecule is CCCNCC(C(C)C)C1CCS(=O)(=O)C1. The molecular formula is C12H25NO2S. The van der Waals surface area contributed by atoms with E-state index in [0.717, 1.165) is 25.9 Å². The maximum Gasteiger partial charge on any atom is 0.150 e. The third-order valence-electron chi connectivity index (χ3n) is 3.54. The van der Waals surface area contributed by atoms with Gasteiger partial charge >= 0.3 is 0 Å². The molecule has 0 aromatic carbocycles. The van der Waals surface area contributed by atoms with Gasteiger partial charge in [0, 0.05) is 0 Å². The highest BCUT2D eigenvalue weighted by atomic mass is 32.2. The summed E-state index contributed by atoms with van der Waals surface area (Å²) in [4.78, 5) is 0. The molecule has 96 valence electrons. The number of hydrogen-bond donors (Lipinski definition) is 1. The van der Waals surface area contributed by atoms with Crippen LogP contribution in [0.4, 0.5) is 0 Å². The Hall–Kier alpha value is -0.0900. The third-order valence-corrected chi connectivity index (χ3v) is 5.33. The van der Waals surface area contributed by atoms with Gasteiger partial charge < -0.3 is 5.32 Å². The van der Waals surface area contributed by atoms with E-state index in [0.29, 0.717) is 29.3 Å². The predicted molar refractivity (Wildman–Crippen MR) is 68.2 cm³/mol. The molecule has 1 aliphatic heterocycles. The van der Waals surface area contributed by atoms with E-state index in [1.54, 1.807) is 0 Å². The van der Waals surface area contributed by atoms with Crippen molar-refractivity contribution in [3.8, 4) is 0 Å². The Bertz CT molecular complexity index is 298. The standard InChI is InChI=1S/C12H25NO2S/c1-4-6-13-8-12(10(2)3)11-5-7-16(14,15)9-11/h10-13H,4-9H2,1-3H3. The molecule has 0 saturated carbocycles. The smallest absolute Gasteiger partial charge is 0.150 e. The van der Waals surface area contributed by atoms with Crippen molar-refractivity contribution in [3.05, 3.63) is 0 Å². The fourth-order valence-corrected chi connectivity index (χ4v) is 4.45. The second-order valence-corrected chi connectivity index (χ2v) is 7.50. The first kappa shape index (κ1) is 14.0. The maximum atomic E-state index is 11.5. The van der Waals surface area contributed by atoms with Gasteiger partial charge in [0.15, 0.2) is 9.84 Å². The van der Waals surface area contributed by atoms with Crippen LogP contribution < -0.4 is 5.32 Å². The molecule has 1 N–H and O–H groups in total. The van der Waals surface area contributed by atoms with Crippen molar-refractivity contribution < 1.29 is 8.42 Å². The minimum Gasteiger partial charge on any atom is -0.316 e. The Morgan fingerprint density at radius 1 is 1.38 bits per heavy atom. The van der Waals surface area contributed by atoms with Crippen LogP contribution in [-0.2, 0) is 9.84 Å². The summed E-state index contributed by atoms with van der Waals surface area (Å²) in [6.07, 6.45) is 1.99. The molecule has 16 heavy (non-hydrogen) atoms. The van der Waals surface area contributed by atoms with E-state index in [2.05, 4.69) is 26.1 Å². The van der Waals surface area contributed by atoms with Gasteiger partial charge in [-0.3, -0.25) is 0 Å². The molecule has 0 bridgehead atoms. The van der Waals surface area contributed by atoms with Gasteiger partial charge in [0.2, 0.25) is 0 Å². The molecule has 1 heterocycles. The van der Waals surface area contributed by atoms with E-state index in [-0.39, 0.29) is 0 Å². The second kappa shape index (κ2) is 6.01. The van der Waals surface area contributed by atoms with Crippen LogP contribution in [0, 0.1) is 17.8 Å². The van der Waals surface area contributed by atoms with Crippen molar-refractivity contribution in [2.75, 3.05) is 24.6 Å². The van der Waals surface area contributed by atoms with E-state index in [1.807, 2.05) is 0 Å². The summed E-state index contributed by atoms with van der Waals surface area (Å²) in [5, 5.41) is 3.43. The number of sulfone groups is 1. The van der Waals surface area contributed by atoms with Crippen LogP contribution in [0.2, 0.25) is 0 Å². The molecule has 0 aromatic heterocycles. The topological polar surface area (TPSA) is 46.2 Å². The minimum atomic E-state index is -2.73. The van der Waals surface area contributed by atoms with Gasteiger partial charge in [0.1, 0.15) is 0 Å². The van der Waals surface area contributed by atoms with Crippen LogP contribution in [0.3, 0.4) is 0 Å². The molecule has 1 rings (SSSR count). The lowest BCUT2D eigenvalue weighted by Crippen LogP contribution is -2.32. The van der Waals surface area contributed by atoms with E-state index < -0.39 is 9.84 Å². The first-order valence-electron chi connectivity index (χ1n) is 6.37. The summed E-state index contributed by atoms with van der Waals surface area (Å²) in [5.74, 6) is 2.24. The highest BCUT2D eigenvalue weighted by Crippen LogP contribution is 2.30. The molecule has 1 aliphatic rings. The lowest BCUT2D eigenvalue weighted by molar-refractivity contribution is 0.264. The molecule has 4 heteroatoms. The summed E-state index contributed by atoms with van der Waals surface area (Å²) in [5.41, 5.74) is 0. The van der Waals surface area contributed by atoms with E-state index in [1.165, 1.54) is 0 Å². The van der Waals surface area contributed by atoms with Crippen molar-refractivity contribution in [3.63, 3.8) is 0 Å². The number of hydrogen-bond acceptors (Lipinski definition) is 3. The summed E-state index contributed by atoms with van der Waals surface area (Å²) < 4.78 is 23.0. The highest BCUT2D eigenvalue weighted by molar-refractivity contribution is 7.91. The van der Waals surface area contributed by atoms with Crippen LogP contribution in [0.15, 0.2) is 0 Å². The summed E-state index contributed by atoms with van der Waals surface area (Å²) in [7, 11) is -2.73. The summed E-state index contributed by atoms with van der Waals surface area (Å²) in [6.45, 7) is 8.54.